The second kappa shape index (κ2) is 9.16. The van der Waals surface area contributed by atoms with Crippen molar-refractivity contribution in [2.75, 3.05) is 26.9 Å². The minimum absolute atomic E-state index is 0.225. The molecule has 17 heavy (non-hydrogen) atoms. The number of rotatable bonds is 9. The topological polar surface area (TPSA) is 44.5 Å². The molecule has 1 aromatic rings. The Bertz CT molecular complexity index is 277. The molecule has 0 fully saturated rings. The van der Waals surface area contributed by atoms with Gasteiger partial charge in [-0.3, -0.25) is 0 Å². The molecule has 0 spiro atoms. The Hall–Kier alpha value is -0.900. The summed E-state index contributed by atoms with van der Waals surface area (Å²) in [4.78, 5) is 0. The van der Waals surface area contributed by atoms with Gasteiger partial charge in [-0.1, -0.05) is 30.3 Å². The van der Waals surface area contributed by atoms with E-state index in [2.05, 4.69) is 24.3 Å². The lowest BCUT2D eigenvalue weighted by Gasteiger charge is -2.11. The third-order valence-corrected chi connectivity index (χ3v) is 2.64. The van der Waals surface area contributed by atoms with Crippen LogP contribution >= 0.6 is 0 Å². The van der Waals surface area contributed by atoms with Crippen molar-refractivity contribution in [2.45, 2.75) is 25.3 Å². The van der Waals surface area contributed by atoms with Crippen LogP contribution in [0.2, 0.25) is 0 Å². The maximum absolute atomic E-state index is 6.07. The standard InChI is InChI=1S/C14H23NO2/c1-16-10-11-17-9-5-8-14(15)12-13-6-3-2-4-7-13/h2-4,6-7,14H,5,8-12,15H2,1H3. The molecule has 1 unspecified atom stereocenters. The van der Waals surface area contributed by atoms with E-state index in [0.717, 1.165) is 25.9 Å². The highest BCUT2D eigenvalue weighted by Crippen LogP contribution is 2.05. The molecule has 0 aliphatic rings. The van der Waals surface area contributed by atoms with Crippen LogP contribution in [-0.2, 0) is 15.9 Å². The highest BCUT2D eigenvalue weighted by Gasteiger charge is 2.03. The summed E-state index contributed by atoms with van der Waals surface area (Å²) in [5, 5.41) is 0. The van der Waals surface area contributed by atoms with Crippen molar-refractivity contribution < 1.29 is 9.47 Å². The molecule has 0 aliphatic carbocycles. The molecule has 2 N–H and O–H groups in total. The normalized spacial score (nSPS) is 12.6. The van der Waals surface area contributed by atoms with Gasteiger partial charge in [0.25, 0.3) is 0 Å². The molecule has 1 aromatic carbocycles. The van der Waals surface area contributed by atoms with E-state index in [-0.39, 0.29) is 6.04 Å². The monoisotopic (exact) mass is 237 g/mol. The van der Waals surface area contributed by atoms with Crippen molar-refractivity contribution in [3.8, 4) is 0 Å². The summed E-state index contributed by atoms with van der Waals surface area (Å²) in [6, 6.07) is 10.6. The van der Waals surface area contributed by atoms with Crippen LogP contribution in [0.5, 0.6) is 0 Å². The SMILES string of the molecule is COCCOCCCC(N)Cc1ccccc1. The number of hydrogen-bond donors (Lipinski definition) is 1. The van der Waals surface area contributed by atoms with Crippen LogP contribution in [0.3, 0.4) is 0 Å². The average Bonchev–Trinajstić information content (AvgIpc) is 2.35. The molecule has 96 valence electrons. The van der Waals surface area contributed by atoms with Crippen LogP contribution in [0.25, 0.3) is 0 Å². The van der Waals surface area contributed by atoms with E-state index in [1.54, 1.807) is 7.11 Å². The van der Waals surface area contributed by atoms with Crippen LogP contribution in [0, 0.1) is 0 Å². The van der Waals surface area contributed by atoms with Crippen molar-refractivity contribution in [1.82, 2.24) is 0 Å². The Morgan fingerprint density at radius 1 is 1.12 bits per heavy atom. The fourth-order valence-electron chi connectivity index (χ4n) is 1.71. The summed E-state index contributed by atoms with van der Waals surface area (Å²) in [6.07, 6.45) is 2.96. The molecule has 0 aliphatic heterocycles. The minimum atomic E-state index is 0.225. The zero-order chi connectivity index (χ0) is 12.3. The van der Waals surface area contributed by atoms with Crippen molar-refractivity contribution in [1.29, 1.82) is 0 Å². The van der Waals surface area contributed by atoms with Crippen LogP contribution in [-0.4, -0.2) is 33.0 Å². The predicted octanol–water partition coefficient (Wildman–Crippen LogP) is 2.00. The lowest BCUT2D eigenvalue weighted by Crippen LogP contribution is -2.23. The lowest BCUT2D eigenvalue weighted by molar-refractivity contribution is 0.0682. The Morgan fingerprint density at radius 2 is 1.88 bits per heavy atom. The van der Waals surface area contributed by atoms with Crippen molar-refractivity contribution in [3.63, 3.8) is 0 Å². The number of hydrogen-bond acceptors (Lipinski definition) is 3. The number of ether oxygens (including phenoxy) is 2. The van der Waals surface area contributed by atoms with E-state index in [1.807, 2.05) is 6.07 Å². The van der Waals surface area contributed by atoms with Gasteiger partial charge in [0.15, 0.2) is 0 Å². The van der Waals surface area contributed by atoms with Crippen LogP contribution < -0.4 is 5.73 Å². The van der Waals surface area contributed by atoms with Crippen molar-refractivity contribution >= 4 is 0 Å². The summed E-state index contributed by atoms with van der Waals surface area (Å²) in [5.74, 6) is 0. The Labute approximate surface area is 104 Å². The number of benzene rings is 1. The smallest absolute Gasteiger partial charge is 0.0700 e. The van der Waals surface area contributed by atoms with Gasteiger partial charge in [0.2, 0.25) is 0 Å². The Kier molecular flexibility index (Phi) is 7.63. The zero-order valence-electron chi connectivity index (χ0n) is 10.6. The maximum Gasteiger partial charge on any atom is 0.0700 e. The third kappa shape index (κ3) is 7.10. The Morgan fingerprint density at radius 3 is 2.59 bits per heavy atom. The quantitative estimate of drug-likeness (QED) is 0.668. The molecule has 3 nitrogen and oxygen atoms in total. The van der Waals surface area contributed by atoms with Gasteiger partial charge in [-0.15, -0.1) is 0 Å². The van der Waals surface area contributed by atoms with Gasteiger partial charge in [0, 0.05) is 19.8 Å². The van der Waals surface area contributed by atoms with Crippen LogP contribution in [0.15, 0.2) is 30.3 Å². The summed E-state index contributed by atoms with van der Waals surface area (Å²) in [7, 11) is 1.68. The third-order valence-electron chi connectivity index (χ3n) is 2.64. The van der Waals surface area contributed by atoms with Crippen LogP contribution in [0.4, 0.5) is 0 Å². The average molecular weight is 237 g/mol. The minimum Gasteiger partial charge on any atom is -0.382 e. The molecule has 0 bridgehead atoms. The molecule has 0 saturated heterocycles. The number of nitrogens with two attached hydrogens (primary N) is 1. The first-order valence-corrected chi connectivity index (χ1v) is 6.19. The molecular weight excluding hydrogens is 214 g/mol. The first-order valence-electron chi connectivity index (χ1n) is 6.19. The predicted molar refractivity (Wildman–Crippen MR) is 70.1 cm³/mol. The van der Waals surface area contributed by atoms with E-state index < -0.39 is 0 Å². The largest absolute Gasteiger partial charge is 0.382 e. The summed E-state index contributed by atoms with van der Waals surface area (Å²) >= 11 is 0. The van der Waals surface area contributed by atoms with Crippen molar-refractivity contribution in [3.05, 3.63) is 35.9 Å². The van der Waals surface area contributed by atoms with E-state index in [4.69, 9.17) is 15.2 Å². The zero-order valence-corrected chi connectivity index (χ0v) is 10.6. The summed E-state index contributed by atoms with van der Waals surface area (Å²) in [5.41, 5.74) is 7.37. The first kappa shape index (κ1) is 14.2. The second-order valence-electron chi connectivity index (χ2n) is 4.20. The summed E-state index contributed by atoms with van der Waals surface area (Å²) < 4.78 is 10.3. The van der Waals surface area contributed by atoms with Gasteiger partial charge >= 0.3 is 0 Å². The molecular formula is C14H23NO2. The lowest BCUT2D eigenvalue weighted by atomic mass is 10.0. The van der Waals surface area contributed by atoms with Crippen LogP contribution in [0.1, 0.15) is 18.4 Å². The maximum atomic E-state index is 6.07. The molecule has 0 radical (unpaired) electrons. The van der Waals surface area contributed by atoms with E-state index in [9.17, 15) is 0 Å². The first-order chi connectivity index (χ1) is 8.33. The molecule has 1 atom stereocenters. The second-order valence-corrected chi connectivity index (χ2v) is 4.20. The molecule has 3 heteroatoms. The van der Waals surface area contributed by atoms with Gasteiger partial charge < -0.3 is 15.2 Å². The van der Waals surface area contributed by atoms with E-state index >= 15 is 0 Å². The van der Waals surface area contributed by atoms with Gasteiger partial charge in [0.1, 0.15) is 0 Å². The van der Waals surface area contributed by atoms with Gasteiger partial charge in [-0.2, -0.15) is 0 Å². The molecule has 0 amide bonds. The van der Waals surface area contributed by atoms with E-state index in [0.29, 0.717) is 13.2 Å². The molecule has 0 heterocycles. The van der Waals surface area contributed by atoms with Crippen molar-refractivity contribution in [2.24, 2.45) is 5.73 Å². The van der Waals surface area contributed by atoms with Gasteiger partial charge in [-0.05, 0) is 24.8 Å². The van der Waals surface area contributed by atoms with Gasteiger partial charge in [0.05, 0.1) is 13.2 Å². The van der Waals surface area contributed by atoms with Gasteiger partial charge in [-0.25, -0.2) is 0 Å². The summed E-state index contributed by atoms with van der Waals surface area (Å²) in [6.45, 7) is 2.10. The highest BCUT2D eigenvalue weighted by atomic mass is 16.5. The molecule has 1 rings (SSSR count). The molecule has 0 aromatic heterocycles. The molecule has 0 saturated carbocycles. The fourth-order valence-corrected chi connectivity index (χ4v) is 1.71. The van der Waals surface area contributed by atoms with E-state index in [1.165, 1.54) is 5.56 Å². The highest BCUT2D eigenvalue weighted by molar-refractivity contribution is 5.15. The number of methoxy groups -OCH3 is 1. The Balaban J connectivity index is 2.03. The fraction of sp³-hybridized carbons (Fsp3) is 0.571.